The molecule has 0 amide bonds. The molecule has 2 fully saturated rings. The average molecular weight is 266 g/mol. The van der Waals surface area contributed by atoms with Gasteiger partial charge in [-0.15, -0.1) is 0 Å². The van der Waals surface area contributed by atoms with Crippen LogP contribution in [0.25, 0.3) is 0 Å². The molecule has 2 heteroatoms. The molecule has 0 unspecified atom stereocenters. The fraction of sp³-hybridized carbons (Fsp3) is 1.00. The monoisotopic (exact) mass is 266 g/mol. The minimum atomic E-state index is 0.458. The van der Waals surface area contributed by atoms with Crippen LogP contribution >= 0.6 is 0 Å². The molecule has 2 aliphatic rings. The maximum atomic E-state index is 6.15. The fourth-order valence-electron chi connectivity index (χ4n) is 4.07. The first-order valence-corrected chi connectivity index (χ1v) is 8.59. The summed E-state index contributed by atoms with van der Waals surface area (Å²) in [6, 6.07) is 0.864. The van der Waals surface area contributed by atoms with E-state index < -0.39 is 0 Å². The van der Waals surface area contributed by atoms with Gasteiger partial charge in [-0.1, -0.05) is 39.5 Å². The summed E-state index contributed by atoms with van der Waals surface area (Å²) in [6.45, 7) is 8.17. The molecule has 2 saturated carbocycles. The van der Waals surface area contributed by atoms with Gasteiger partial charge in [0, 0.05) is 12.6 Å². The SMILES string of the molecule is CC(C)CCN(CC1(CN)CCCC1)C1CCCC1. The van der Waals surface area contributed by atoms with E-state index in [9.17, 15) is 0 Å². The van der Waals surface area contributed by atoms with Crippen molar-refractivity contribution in [2.24, 2.45) is 17.1 Å². The van der Waals surface area contributed by atoms with Gasteiger partial charge in [0.1, 0.15) is 0 Å². The Morgan fingerprint density at radius 1 is 1.11 bits per heavy atom. The van der Waals surface area contributed by atoms with Gasteiger partial charge in [0.2, 0.25) is 0 Å². The molecule has 0 spiro atoms. The van der Waals surface area contributed by atoms with Gasteiger partial charge in [0.15, 0.2) is 0 Å². The van der Waals surface area contributed by atoms with Gasteiger partial charge in [-0.25, -0.2) is 0 Å². The van der Waals surface area contributed by atoms with Crippen molar-refractivity contribution in [2.45, 2.75) is 77.7 Å². The zero-order valence-electron chi connectivity index (χ0n) is 13.2. The van der Waals surface area contributed by atoms with Crippen molar-refractivity contribution in [3.05, 3.63) is 0 Å². The topological polar surface area (TPSA) is 29.3 Å². The quantitative estimate of drug-likeness (QED) is 0.759. The summed E-state index contributed by atoms with van der Waals surface area (Å²) >= 11 is 0. The van der Waals surface area contributed by atoms with E-state index in [-0.39, 0.29) is 0 Å². The second-order valence-electron chi connectivity index (χ2n) is 7.50. The Bertz CT molecular complexity index is 250. The predicted octanol–water partition coefficient (Wildman–Crippen LogP) is 3.80. The molecule has 0 heterocycles. The summed E-state index contributed by atoms with van der Waals surface area (Å²) < 4.78 is 0. The van der Waals surface area contributed by atoms with Gasteiger partial charge in [-0.05, 0) is 56.5 Å². The standard InChI is InChI=1S/C17H34N2/c1-15(2)9-12-19(16-7-3-4-8-16)14-17(13-18)10-5-6-11-17/h15-16H,3-14,18H2,1-2H3. The number of hydrogen-bond donors (Lipinski definition) is 1. The Labute approximate surface area is 120 Å². The van der Waals surface area contributed by atoms with Gasteiger partial charge in [0.25, 0.3) is 0 Å². The summed E-state index contributed by atoms with van der Waals surface area (Å²) in [7, 11) is 0. The second kappa shape index (κ2) is 7.08. The van der Waals surface area contributed by atoms with Crippen molar-refractivity contribution < 1.29 is 0 Å². The van der Waals surface area contributed by atoms with Crippen molar-refractivity contribution >= 4 is 0 Å². The summed E-state index contributed by atoms with van der Waals surface area (Å²) in [5, 5.41) is 0. The molecule has 0 atom stereocenters. The average Bonchev–Trinajstić information content (AvgIpc) is 3.06. The molecule has 0 aliphatic heterocycles. The molecule has 19 heavy (non-hydrogen) atoms. The van der Waals surface area contributed by atoms with E-state index in [0.29, 0.717) is 5.41 Å². The first-order chi connectivity index (χ1) is 9.15. The molecule has 2 nitrogen and oxygen atoms in total. The molecule has 2 aliphatic carbocycles. The number of rotatable bonds is 7. The van der Waals surface area contributed by atoms with Crippen molar-refractivity contribution in [2.75, 3.05) is 19.6 Å². The van der Waals surface area contributed by atoms with Gasteiger partial charge < -0.3 is 5.73 Å². The lowest BCUT2D eigenvalue weighted by atomic mass is 9.85. The molecular weight excluding hydrogens is 232 g/mol. The smallest absolute Gasteiger partial charge is 0.00955 e. The zero-order chi connectivity index (χ0) is 13.7. The van der Waals surface area contributed by atoms with Crippen molar-refractivity contribution in [1.82, 2.24) is 4.90 Å². The Balaban J connectivity index is 1.95. The van der Waals surface area contributed by atoms with E-state index in [1.807, 2.05) is 0 Å². The fourth-order valence-corrected chi connectivity index (χ4v) is 4.07. The molecule has 0 bridgehead atoms. The van der Waals surface area contributed by atoms with Crippen LogP contribution in [0.4, 0.5) is 0 Å². The molecular formula is C17H34N2. The van der Waals surface area contributed by atoms with Gasteiger partial charge in [0.05, 0.1) is 0 Å². The summed E-state index contributed by atoms with van der Waals surface area (Å²) in [5.74, 6) is 0.821. The Morgan fingerprint density at radius 3 is 2.26 bits per heavy atom. The third-order valence-corrected chi connectivity index (χ3v) is 5.47. The third kappa shape index (κ3) is 4.19. The van der Waals surface area contributed by atoms with Crippen molar-refractivity contribution in [3.8, 4) is 0 Å². The van der Waals surface area contributed by atoms with Crippen LogP contribution in [0.1, 0.15) is 71.6 Å². The normalized spacial score (nSPS) is 23.8. The maximum absolute atomic E-state index is 6.15. The molecule has 112 valence electrons. The summed E-state index contributed by atoms with van der Waals surface area (Å²) in [5.41, 5.74) is 6.60. The highest BCUT2D eigenvalue weighted by Gasteiger charge is 2.36. The van der Waals surface area contributed by atoms with E-state index in [0.717, 1.165) is 18.5 Å². The van der Waals surface area contributed by atoms with E-state index in [2.05, 4.69) is 18.7 Å². The Hall–Kier alpha value is -0.0800. The van der Waals surface area contributed by atoms with Crippen LogP contribution < -0.4 is 5.73 Å². The molecule has 0 saturated heterocycles. The highest BCUT2D eigenvalue weighted by atomic mass is 15.2. The van der Waals surface area contributed by atoms with Crippen LogP contribution in [0.15, 0.2) is 0 Å². The molecule has 0 radical (unpaired) electrons. The highest BCUT2D eigenvalue weighted by molar-refractivity contribution is 4.91. The number of nitrogens with zero attached hydrogens (tertiary/aromatic N) is 1. The number of nitrogens with two attached hydrogens (primary N) is 1. The van der Waals surface area contributed by atoms with E-state index >= 15 is 0 Å². The van der Waals surface area contributed by atoms with Crippen molar-refractivity contribution in [1.29, 1.82) is 0 Å². The zero-order valence-corrected chi connectivity index (χ0v) is 13.2. The maximum Gasteiger partial charge on any atom is 0.00955 e. The van der Waals surface area contributed by atoms with Crippen molar-refractivity contribution in [3.63, 3.8) is 0 Å². The second-order valence-corrected chi connectivity index (χ2v) is 7.50. The first-order valence-electron chi connectivity index (χ1n) is 8.59. The largest absolute Gasteiger partial charge is 0.330 e. The third-order valence-electron chi connectivity index (χ3n) is 5.47. The Kier molecular flexibility index (Phi) is 5.70. The van der Waals surface area contributed by atoms with Crippen LogP contribution in [0.3, 0.4) is 0 Å². The van der Waals surface area contributed by atoms with Crippen LogP contribution in [-0.4, -0.2) is 30.6 Å². The van der Waals surface area contributed by atoms with Crippen LogP contribution in [0, 0.1) is 11.3 Å². The minimum absolute atomic E-state index is 0.458. The lowest BCUT2D eigenvalue weighted by molar-refractivity contribution is 0.110. The van der Waals surface area contributed by atoms with Crippen LogP contribution in [-0.2, 0) is 0 Å². The predicted molar refractivity (Wildman–Crippen MR) is 83.2 cm³/mol. The Morgan fingerprint density at radius 2 is 1.74 bits per heavy atom. The van der Waals surface area contributed by atoms with Gasteiger partial charge >= 0.3 is 0 Å². The lowest BCUT2D eigenvalue weighted by Gasteiger charge is -2.38. The molecule has 0 aromatic rings. The molecule has 0 aromatic carbocycles. The molecule has 2 N–H and O–H groups in total. The van der Waals surface area contributed by atoms with Crippen LogP contribution in [0.5, 0.6) is 0 Å². The molecule has 2 rings (SSSR count). The van der Waals surface area contributed by atoms with Gasteiger partial charge in [-0.2, -0.15) is 0 Å². The molecule has 0 aromatic heterocycles. The van der Waals surface area contributed by atoms with E-state index in [4.69, 9.17) is 5.73 Å². The highest BCUT2D eigenvalue weighted by Crippen LogP contribution is 2.39. The first kappa shape index (κ1) is 15.3. The summed E-state index contributed by atoms with van der Waals surface area (Å²) in [6.07, 6.45) is 12.6. The number of hydrogen-bond acceptors (Lipinski definition) is 2. The lowest BCUT2D eigenvalue weighted by Crippen LogP contribution is -2.45. The van der Waals surface area contributed by atoms with E-state index in [1.54, 1.807) is 0 Å². The van der Waals surface area contributed by atoms with Crippen LogP contribution in [0.2, 0.25) is 0 Å². The summed E-state index contributed by atoms with van der Waals surface area (Å²) in [4.78, 5) is 2.82. The van der Waals surface area contributed by atoms with Gasteiger partial charge in [-0.3, -0.25) is 4.90 Å². The van der Waals surface area contributed by atoms with E-state index in [1.165, 1.54) is 70.9 Å². The minimum Gasteiger partial charge on any atom is -0.330 e.